The lowest BCUT2D eigenvalue weighted by Gasteiger charge is -2.47. The van der Waals surface area contributed by atoms with Crippen molar-refractivity contribution in [3.05, 3.63) is 0 Å². The second-order valence-electron chi connectivity index (χ2n) is 5.89. The Morgan fingerprint density at radius 1 is 1.33 bits per heavy atom. The summed E-state index contributed by atoms with van der Waals surface area (Å²) in [5.74, 6) is 6.15. The summed E-state index contributed by atoms with van der Waals surface area (Å²) in [6, 6.07) is 0. The van der Waals surface area contributed by atoms with E-state index in [1.54, 1.807) is 0 Å². The Balaban J connectivity index is 2.45. The van der Waals surface area contributed by atoms with Crippen LogP contribution in [-0.2, 0) is 0 Å². The zero-order chi connectivity index (χ0) is 11.3. The van der Waals surface area contributed by atoms with Crippen LogP contribution in [0.25, 0.3) is 0 Å². The van der Waals surface area contributed by atoms with Crippen molar-refractivity contribution in [3.8, 4) is 11.8 Å². The summed E-state index contributed by atoms with van der Waals surface area (Å²) < 4.78 is 0. The molecule has 2 saturated carbocycles. The van der Waals surface area contributed by atoms with Crippen LogP contribution in [0.3, 0.4) is 0 Å². The molecule has 0 amide bonds. The molecule has 0 aromatic rings. The van der Waals surface area contributed by atoms with Crippen LogP contribution in [0.5, 0.6) is 0 Å². The van der Waals surface area contributed by atoms with Gasteiger partial charge in [0.2, 0.25) is 0 Å². The summed E-state index contributed by atoms with van der Waals surface area (Å²) in [6.07, 6.45) is 3.32. The summed E-state index contributed by atoms with van der Waals surface area (Å²) in [6.45, 7) is 6.18. The number of fused-ring (bicyclic) bond motifs is 2. The van der Waals surface area contributed by atoms with Crippen molar-refractivity contribution in [1.29, 1.82) is 0 Å². The molecule has 84 valence electrons. The number of hydrogen-bond acceptors (Lipinski definition) is 2. The number of rotatable bonds is 0. The van der Waals surface area contributed by atoms with E-state index in [1.165, 1.54) is 6.42 Å². The van der Waals surface area contributed by atoms with Crippen LogP contribution < -0.4 is 0 Å². The van der Waals surface area contributed by atoms with Gasteiger partial charge in [-0.25, -0.2) is 0 Å². The van der Waals surface area contributed by atoms with Gasteiger partial charge in [-0.05, 0) is 25.2 Å². The first-order chi connectivity index (χ1) is 6.87. The molecule has 3 unspecified atom stereocenters. The minimum absolute atomic E-state index is 0.0800. The third kappa shape index (κ3) is 1.14. The van der Waals surface area contributed by atoms with Gasteiger partial charge < -0.3 is 10.2 Å². The van der Waals surface area contributed by atoms with E-state index in [9.17, 15) is 5.11 Å². The maximum absolute atomic E-state index is 10.8. The third-order valence-electron chi connectivity index (χ3n) is 4.92. The molecule has 2 heteroatoms. The van der Waals surface area contributed by atoms with Crippen LogP contribution in [0.4, 0.5) is 0 Å². The largest absolute Gasteiger partial charge is 0.384 e. The molecule has 3 atom stereocenters. The summed E-state index contributed by atoms with van der Waals surface area (Å²) in [5, 5.41) is 19.6. The van der Waals surface area contributed by atoms with Gasteiger partial charge in [0.15, 0.2) is 0 Å². The maximum Gasteiger partial charge on any atom is 0.136 e. The molecular formula is C13H20O2. The third-order valence-corrected chi connectivity index (χ3v) is 4.92. The number of aliphatic hydroxyl groups excluding tert-OH is 1. The number of hydrogen-bond donors (Lipinski definition) is 2. The van der Waals surface area contributed by atoms with Crippen LogP contribution in [0.15, 0.2) is 0 Å². The highest BCUT2D eigenvalue weighted by atomic mass is 16.3. The molecule has 0 aliphatic heterocycles. The lowest BCUT2D eigenvalue weighted by atomic mass is 9.61. The van der Waals surface area contributed by atoms with Crippen LogP contribution in [0, 0.1) is 28.6 Å². The van der Waals surface area contributed by atoms with Crippen molar-refractivity contribution < 1.29 is 10.2 Å². The minimum atomic E-state index is -0.925. The van der Waals surface area contributed by atoms with Crippen molar-refractivity contribution >= 4 is 0 Å². The van der Waals surface area contributed by atoms with Crippen LogP contribution in [0.1, 0.15) is 40.0 Å². The Bertz CT molecular complexity index is 329. The molecule has 2 bridgehead atoms. The highest BCUT2D eigenvalue weighted by molar-refractivity contribution is 5.31. The standard InChI is InChI=1S/C13H20O2/c1-11(2)10-5-7-12(3,9-10)13(11,15)6-4-8-14/h10,14-15H,5,7-9H2,1-3H3. The monoisotopic (exact) mass is 208 g/mol. The molecule has 2 N–H and O–H groups in total. The highest BCUT2D eigenvalue weighted by Gasteiger charge is 2.68. The fourth-order valence-electron chi connectivity index (χ4n) is 3.74. The average Bonchev–Trinajstić information content (AvgIpc) is 2.63. The first-order valence-corrected chi connectivity index (χ1v) is 5.71. The van der Waals surface area contributed by atoms with E-state index in [1.807, 2.05) is 0 Å². The lowest BCUT2D eigenvalue weighted by molar-refractivity contribution is -0.0954. The first kappa shape index (κ1) is 11.0. The van der Waals surface area contributed by atoms with Crippen LogP contribution >= 0.6 is 0 Å². The Hall–Kier alpha value is -0.520. The Morgan fingerprint density at radius 2 is 2.00 bits per heavy atom. The molecular weight excluding hydrogens is 188 g/mol. The summed E-state index contributed by atoms with van der Waals surface area (Å²) >= 11 is 0. The van der Waals surface area contributed by atoms with E-state index in [0.29, 0.717) is 5.92 Å². The van der Waals surface area contributed by atoms with E-state index < -0.39 is 5.60 Å². The molecule has 2 rings (SSSR count). The van der Waals surface area contributed by atoms with Crippen molar-refractivity contribution in [2.75, 3.05) is 6.61 Å². The molecule has 0 heterocycles. The molecule has 0 spiro atoms. The van der Waals surface area contributed by atoms with Gasteiger partial charge in [-0.15, -0.1) is 0 Å². The molecule has 2 aliphatic rings. The van der Waals surface area contributed by atoms with Gasteiger partial charge in [0.25, 0.3) is 0 Å². The predicted molar refractivity (Wildman–Crippen MR) is 59.0 cm³/mol. The summed E-state index contributed by atoms with van der Waals surface area (Å²) in [7, 11) is 0. The quantitative estimate of drug-likeness (QED) is 0.593. The van der Waals surface area contributed by atoms with E-state index in [2.05, 4.69) is 32.6 Å². The van der Waals surface area contributed by atoms with E-state index in [-0.39, 0.29) is 17.4 Å². The number of aliphatic hydroxyl groups is 2. The van der Waals surface area contributed by atoms with Gasteiger partial charge in [-0.3, -0.25) is 0 Å². The van der Waals surface area contributed by atoms with Gasteiger partial charge in [-0.1, -0.05) is 32.6 Å². The highest BCUT2D eigenvalue weighted by Crippen LogP contribution is 2.67. The van der Waals surface area contributed by atoms with Gasteiger partial charge >= 0.3 is 0 Å². The molecule has 0 saturated heterocycles. The summed E-state index contributed by atoms with van der Waals surface area (Å²) in [4.78, 5) is 0. The SMILES string of the molecule is CC12CCC(C1)C(C)(C)C2(O)C#CCO. The second kappa shape index (κ2) is 2.99. The van der Waals surface area contributed by atoms with Crippen molar-refractivity contribution in [1.82, 2.24) is 0 Å². The van der Waals surface area contributed by atoms with Gasteiger partial charge in [-0.2, -0.15) is 0 Å². The van der Waals surface area contributed by atoms with Crippen LogP contribution in [0.2, 0.25) is 0 Å². The molecule has 2 fully saturated rings. The van der Waals surface area contributed by atoms with Gasteiger partial charge in [0, 0.05) is 10.8 Å². The zero-order valence-corrected chi connectivity index (χ0v) is 9.80. The average molecular weight is 208 g/mol. The van der Waals surface area contributed by atoms with Gasteiger partial charge in [0.05, 0.1) is 0 Å². The van der Waals surface area contributed by atoms with E-state index in [0.717, 1.165) is 12.8 Å². The summed E-state index contributed by atoms with van der Waals surface area (Å²) in [5.41, 5.74) is -1.16. The maximum atomic E-state index is 10.8. The Kier molecular flexibility index (Phi) is 2.19. The molecule has 0 aromatic carbocycles. The van der Waals surface area contributed by atoms with Crippen molar-refractivity contribution in [2.45, 2.75) is 45.6 Å². The fourth-order valence-corrected chi connectivity index (χ4v) is 3.74. The van der Waals surface area contributed by atoms with Crippen LogP contribution in [-0.4, -0.2) is 22.4 Å². The Labute approximate surface area is 91.7 Å². The van der Waals surface area contributed by atoms with E-state index in [4.69, 9.17) is 5.11 Å². The van der Waals surface area contributed by atoms with Crippen molar-refractivity contribution in [2.24, 2.45) is 16.7 Å². The second-order valence-corrected chi connectivity index (χ2v) is 5.89. The molecule has 0 radical (unpaired) electrons. The van der Waals surface area contributed by atoms with E-state index >= 15 is 0 Å². The predicted octanol–water partition coefficient (Wildman–Crippen LogP) is 1.56. The molecule has 15 heavy (non-hydrogen) atoms. The molecule has 0 aromatic heterocycles. The van der Waals surface area contributed by atoms with Gasteiger partial charge in [0.1, 0.15) is 12.2 Å². The zero-order valence-electron chi connectivity index (χ0n) is 9.80. The topological polar surface area (TPSA) is 40.5 Å². The smallest absolute Gasteiger partial charge is 0.136 e. The lowest BCUT2D eigenvalue weighted by Crippen LogP contribution is -2.53. The minimum Gasteiger partial charge on any atom is -0.384 e. The first-order valence-electron chi connectivity index (χ1n) is 5.71. The normalized spacial score (nSPS) is 46.3. The molecule has 2 nitrogen and oxygen atoms in total. The Morgan fingerprint density at radius 3 is 2.47 bits per heavy atom. The van der Waals surface area contributed by atoms with Crippen molar-refractivity contribution in [3.63, 3.8) is 0 Å². The molecule has 2 aliphatic carbocycles. The fraction of sp³-hybridized carbons (Fsp3) is 0.846.